The highest BCUT2D eigenvalue weighted by Crippen LogP contribution is 2.30. The van der Waals surface area contributed by atoms with E-state index >= 15 is 0 Å². The summed E-state index contributed by atoms with van der Waals surface area (Å²) in [6.07, 6.45) is 5.29. The predicted octanol–water partition coefficient (Wildman–Crippen LogP) is 1.19. The number of rotatable bonds is 10. The molecule has 192 valence electrons. The highest BCUT2D eigenvalue weighted by molar-refractivity contribution is 7.09. The molecule has 4 rings (SSSR count). The van der Waals surface area contributed by atoms with E-state index in [9.17, 15) is 14.4 Å². The quantitative estimate of drug-likeness (QED) is 0.248. The van der Waals surface area contributed by atoms with Crippen LogP contribution in [0.5, 0.6) is 0 Å². The van der Waals surface area contributed by atoms with Crippen molar-refractivity contribution in [2.45, 2.75) is 56.7 Å². The van der Waals surface area contributed by atoms with Crippen molar-refractivity contribution in [3.63, 3.8) is 0 Å². The number of piperazine rings is 1. The van der Waals surface area contributed by atoms with Gasteiger partial charge >= 0.3 is 0 Å². The average molecular weight is 512 g/mol. The molecule has 10 nitrogen and oxygen atoms in total. The number of carbonyl (C=O) groups excluding carboxylic acids is 3. The van der Waals surface area contributed by atoms with Crippen molar-refractivity contribution in [1.82, 2.24) is 20.1 Å². The molecule has 2 aliphatic heterocycles. The zero-order valence-electron chi connectivity index (χ0n) is 20.2. The van der Waals surface area contributed by atoms with Crippen LogP contribution in [0.1, 0.15) is 48.7 Å². The SMILES string of the molecule is NC(N)=NCCC[C@H](NC(=O)[C@@H]1CC[C@H]2CN(C(=O)CCc3ccccc3)CC(=O)N21)c1nccs1. The number of thiazole rings is 1. The number of nitrogens with zero attached hydrogens (tertiary/aromatic N) is 4. The Hall–Kier alpha value is -3.47. The van der Waals surface area contributed by atoms with E-state index in [0.29, 0.717) is 51.6 Å². The first kappa shape index (κ1) is 25.6. The largest absolute Gasteiger partial charge is 0.370 e. The van der Waals surface area contributed by atoms with Gasteiger partial charge in [-0.25, -0.2) is 4.98 Å². The second kappa shape index (κ2) is 12.0. The van der Waals surface area contributed by atoms with Crippen LogP contribution >= 0.6 is 11.3 Å². The number of amides is 3. The van der Waals surface area contributed by atoms with Crippen molar-refractivity contribution in [3.05, 3.63) is 52.5 Å². The number of aromatic nitrogens is 1. The van der Waals surface area contributed by atoms with Gasteiger partial charge in [-0.05, 0) is 37.7 Å². The molecule has 2 aliphatic rings. The fourth-order valence-corrected chi connectivity index (χ4v) is 5.66. The topological polar surface area (TPSA) is 147 Å². The first-order valence-electron chi connectivity index (χ1n) is 12.3. The summed E-state index contributed by atoms with van der Waals surface area (Å²) in [5, 5.41) is 5.78. The van der Waals surface area contributed by atoms with Gasteiger partial charge in [-0.15, -0.1) is 11.3 Å². The molecule has 3 heterocycles. The first-order valence-corrected chi connectivity index (χ1v) is 13.2. The Balaban J connectivity index is 1.33. The van der Waals surface area contributed by atoms with Crippen molar-refractivity contribution in [1.29, 1.82) is 0 Å². The molecule has 0 unspecified atom stereocenters. The smallest absolute Gasteiger partial charge is 0.243 e. The molecule has 0 saturated carbocycles. The predicted molar refractivity (Wildman–Crippen MR) is 138 cm³/mol. The van der Waals surface area contributed by atoms with E-state index in [1.54, 1.807) is 16.0 Å². The van der Waals surface area contributed by atoms with Crippen LogP contribution in [0, 0.1) is 0 Å². The van der Waals surface area contributed by atoms with E-state index < -0.39 is 6.04 Å². The number of hydrogen-bond donors (Lipinski definition) is 3. The highest BCUT2D eigenvalue weighted by atomic mass is 32.1. The minimum absolute atomic E-state index is 0.0162. The third-order valence-electron chi connectivity index (χ3n) is 6.68. The molecule has 0 aliphatic carbocycles. The van der Waals surface area contributed by atoms with Crippen molar-refractivity contribution in [3.8, 4) is 0 Å². The number of hydrogen-bond acceptors (Lipinski definition) is 6. The summed E-state index contributed by atoms with van der Waals surface area (Å²) in [5.41, 5.74) is 11.9. The second-order valence-electron chi connectivity index (χ2n) is 9.19. The fraction of sp³-hybridized carbons (Fsp3) is 0.480. The minimum atomic E-state index is -0.538. The fourth-order valence-electron chi connectivity index (χ4n) is 4.94. The zero-order valence-corrected chi connectivity index (χ0v) is 21.0. The van der Waals surface area contributed by atoms with E-state index in [-0.39, 0.29) is 42.3 Å². The number of aryl methyl sites for hydroxylation is 1. The van der Waals surface area contributed by atoms with Crippen molar-refractivity contribution >= 4 is 35.0 Å². The molecular formula is C25H33N7O3S. The van der Waals surface area contributed by atoms with Crippen LogP contribution in [-0.2, 0) is 20.8 Å². The highest BCUT2D eigenvalue weighted by Gasteiger charge is 2.45. The summed E-state index contributed by atoms with van der Waals surface area (Å²) in [5.74, 6) is -0.338. The summed E-state index contributed by atoms with van der Waals surface area (Å²) < 4.78 is 0. The Morgan fingerprint density at radius 1 is 1.22 bits per heavy atom. The van der Waals surface area contributed by atoms with Crippen molar-refractivity contribution in [2.24, 2.45) is 16.5 Å². The Bertz CT molecular complexity index is 1070. The third-order valence-corrected chi connectivity index (χ3v) is 7.57. The van der Waals surface area contributed by atoms with Crippen LogP contribution in [0.4, 0.5) is 0 Å². The molecule has 2 saturated heterocycles. The lowest BCUT2D eigenvalue weighted by Crippen LogP contribution is -2.59. The number of carbonyl (C=O) groups is 3. The standard InChI is InChI=1S/C25H33N7O3S/c26-25(27)29-12-4-7-19(24-28-13-14-36-24)30-23(35)20-10-9-18-15-31(16-22(34)32(18)20)21(33)11-8-17-5-2-1-3-6-17/h1-3,5-6,13-14,18-20H,4,7-12,15-16H2,(H,30,35)(H4,26,27,29)/t18-,19-,20-/m0/s1. The van der Waals surface area contributed by atoms with Crippen LogP contribution < -0.4 is 16.8 Å². The lowest BCUT2D eigenvalue weighted by molar-refractivity contribution is -0.151. The number of fused-ring (bicyclic) bond motifs is 1. The summed E-state index contributed by atoms with van der Waals surface area (Å²) in [4.78, 5) is 50.9. The summed E-state index contributed by atoms with van der Waals surface area (Å²) >= 11 is 1.47. The van der Waals surface area contributed by atoms with Gasteiger partial charge in [0, 0.05) is 31.1 Å². The Kier molecular flexibility index (Phi) is 8.52. The first-order chi connectivity index (χ1) is 17.4. The van der Waals surface area contributed by atoms with E-state index in [1.165, 1.54) is 11.3 Å². The Morgan fingerprint density at radius 3 is 2.75 bits per heavy atom. The van der Waals surface area contributed by atoms with Crippen LogP contribution in [0.25, 0.3) is 0 Å². The Labute approximate surface area is 214 Å². The number of guanidine groups is 1. The molecule has 3 atom stereocenters. The lowest BCUT2D eigenvalue weighted by atomic mass is 10.1. The third kappa shape index (κ3) is 6.39. The van der Waals surface area contributed by atoms with Gasteiger partial charge in [-0.2, -0.15) is 0 Å². The van der Waals surface area contributed by atoms with Crippen molar-refractivity contribution in [2.75, 3.05) is 19.6 Å². The maximum atomic E-state index is 13.3. The normalized spacial score (nSPS) is 20.1. The molecular weight excluding hydrogens is 478 g/mol. The summed E-state index contributed by atoms with van der Waals surface area (Å²) in [7, 11) is 0. The van der Waals surface area contributed by atoms with E-state index in [1.807, 2.05) is 35.7 Å². The maximum absolute atomic E-state index is 13.3. The van der Waals surface area contributed by atoms with E-state index in [4.69, 9.17) is 11.5 Å². The van der Waals surface area contributed by atoms with Crippen LogP contribution in [0.15, 0.2) is 46.9 Å². The molecule has 0 radical (unpaired) electrons. The van der Waals surface area contributed by atoms with Gasteiger partial charge in [0.15, 0.2) is 5.96 Å². The van der Waals surface area contributed by atoms with Gasteiger partial charge in [0.1, 0.15) is 11.0 Å². The maximum Gasteiger partial charge on any atom is 0.243 e. The second-order valence-corrected chi connectivity index (χ2v) is 10.1. The average Bonchev–Trinajstić information content (AvgIpc) is 3.55. The molecule has 11 heteroatoms. The molecule has 3 amide bonds. The van der Waals surface area contributed by atoms with E-state index in [0.717, 1.165) is 10.6 Å². The molecule has 36 heavy (non-hydrogen) atoms. The minimum Gasteiger partial charge on any atom is -0.370 e. The van der Waals surface area contributed by atoms with Gasteiger partial charge in [0.05, 0.1) is 18.6 Å². The zero-order chi connectivity index (χ0) is 25.5. The molecule has 5 N–H and O–H groups in total. The van der Waals surface area contributed by atoms with Gasteiger partial charge < -0.3 is 26.6 Å². The van der Waals surface area contributed by atoms with Crippen LogP contribution in [0.3, 0.4) is 0 Å². The van der Waals surface area contributed by atoms with Gasteiger partial charge in [0.2, 0.25) is 17.7 Å². The molecule has 2 fully saturated rings. The van der Waals surface area contributed by atoms with Gasteiger partial charge in [-0.1, -0.05) is 30.3 Å². The molecule has 1 aromatic heterocycles. The molecule has 2 aromatic rings. The molecule has 1 aromatic carbocycles. The Morgan fingerprint density at radius 2 is 2.03 bits per heavy atom. The number of nitrogens with two attached hydrogens (primary N) is 2. The van der Waals surface area contributed by atoms with Crippen LogP contribution in [-0.4, -0.2) is 70.2 Å². The number of nitrogens with one attached hydrogen (secondary N) is 1. The molecule has 0 bridgehead atoms. The monoisotopic (exact) mass is 511 g/mol. The van der Waals surface area contributed by atoms with Crippen LogP contribution in [0.2, 0.25) is 0 Å². The van der Waals surface area contributed by atoms with E-state index in [2.05, 4.69) is 15.3 Å². The number of aliphatic imine (C=N–C) groups is 1. The summed E-state index contributed by atoms with van der Waals surface area (Å²) in [6, 6.07) is 8.90. The number of benzene rings is 1. The lowest BCUT2D eigenvalue weighted by Gasteiger charge is -2.39. The van der Waals surface area contributed by atoms with Gasteiger partial charge in [-0.3, -0.25) is 19.4 Å². The van der Waals surface area contributed by atoms with Gasteiger partial charge in [0.25, 0.3) is 0 Å². The molecule has 0 spiro atoms. The van der Waals surface area contributed by atoms with Crippen molar-refractivity contribution < 1.29 is 14.4 Å². The summed E-state index contributed by atoms with van der Waals surface area (Å²) in [6.45, 7) is 0.949.